The van der Waals surface area contributed by atoms with Gasteiger partial charge in [-0.1, -0.05) is 23.7 Å². The summed E-state index contributed by atoms with van der Waals surface area (Å²) in [5.74, 6) is -0.987. The highest BCUT2D eigenvalue weighted by Crippen LogP contribution is 2.20. The maximum absolute atomic E-state index is 11.1. The Balaban J connectivity index is 2.16. The second-order valence-corrected chi connectivity index (χ2v) is 4.53. The molecule has 4 nitrogen and oxygen atoms in total. The Morgan fingerprint density at radius 3 is 2.53 bits per heavy atom. The first kappa shape index (κ1) is 13.2. The van der Waals surface area contributed by atoms with E-state index in [0.717, 1.165) is 5.56 Å². The largest absolute Gasteiger partial charge is 0.478 e. The SMILES string of the molecule is Nc1ccc(C(=O)O)c(NCc2ccc(Cl)cc2)c1. The summed E-state index contributed by atoms with van der Waals surface area (Å²) in [6, 6.07) is 12.0. The Morgan fingerprint density at radius 1 is 1.21 bits per heavy atom. The molecule has 98 valence electrons. The molecule has 0 atom stereocenters. The molecule has 19 heavy (non-hydrogen) atoms. The minimum Gasteiger partial charge on any atom is -0.478 e. The Morgan fingerprint density at radius 2 is 1.89 bits per heavy atom. The lowest BCUT2D eigenvalue weighted by Crippen LogP contribution is -2.07. The number of nitrogen functional groups attached to an aromatic ring is 1. The molecule has 0 amide bonds. The summed E-state index contributed by atoms with van der Waals surface area (Å²) in [5, 5.41) is 12.8. The molecule has 0 unspecified atom stereocenters. The van der Waals surface area contributed by atoms with Gasteiger partial charge in [-0.05, 0) is 35.9 Å². The van der Waals surface area contributed by atoms with Crippen molar-refractivity contribution in [3.05, 3.63) is 58.6 Å². The molecule has 0 aliphatic heterocycles. The third-order valence-electron chi connectivity index (χ3n) is 2.67. The second kappa shape index (κ2) is 5.63. The molecule has 2 rings (SSSR count). The monoisotopic (exact) mass is 276 g/mol. The highest BCUT2D eigenvalue weighted by Gasteiger charge is 2.09. The predicted molar refractivity (Wildman–Crippen MR) is 76.6 cm³/mol. The third kappa shape index (κ3) is 3.39. The third-order valence-corrected chi connectivity index (χ3v) is 2.92. The quantitative estimate of drug-likeness (QED) is 0.750. The topological polar surface area (TPSA) is 75.4 Å². The Labute approximate surface area is 115 Å². The van der Waals surface area contributed by atoms with E-state index in [1.54, 1.807) is 24.3 Å². The molecule has 0 radical (unpaired) electrons. The van der Waals surface area contributed by atoms with Gasteiger partial charge in [0.05, 0.1) is 11.3 Å². The molecule has 5 heteroatoms. The first-order valence-corrected chi connectivity index (χ1v) is 6.05. The van der Waals surface area contributed by atoms with Crippen LogP contribution in [0.1, 0.15) is 15.9 Å². The summed E-state index contributed by atoms with van der Waals surface area (Å²) in [6.07, 6.45) is 0. The van der Waals surface area contributed by atoms with Crippen molar-refractivity contribution in [1.29, 1.82) is 0 Å². The molecule has 0 spiro atoms. The molecule has 2 aromatic carbocycles. The number of aromatic carboxylic acids is 1. The smallest absolute Gasteiger partial charge is 0.337 e. The standard InChI is InChI=1S/C14H13ClN2O2/c15-10-3-1-9(2-4-10)8-17-13-7-11(16)5-6-12(13)14(18)19/h1-7,17H,8,16H2,(H,18,19). The van der Waals surface area contributed by atoms with E-state index in [9.17, 15) is 4.79 Å². The van der Waals surface area contributed by atoms with E-state index in [-0.39, 0.29) is 5.56 Å². The van der Waals surface area contributed by atoms with Gasteiger partial charge in [-0.2, -0.15) is 0 Å². The van der Waals surface area contributed by atoms with Crippen LogP contribution in [0.25, 0.3) is 0 Å². The molecule has 0 aliphatic carbocycles. The molecule has 0 saturated carbocycles. The number of rotatable bonds is 4. The van der Waals surface area contributed by atoms with Crippen LogP contribution < -0.4 is 11.1 Å². The molecule has 0 heterocycles. The maximum Gasteiger partial charge on any atom is 0.337 e. The lowest BCUT2D eigenvalue weighted by molar-refractivity contribution is 0.0698. The summed E-state index contributed by atoms with van der Waals surface area (Å²) < 4.78 is 0. The zero-order valence-corrected chi connectivity index (χ0v) is 10.8. The first-order valence-electron chi connectivity index (χ1n) is 5.67. The van der Waals surface area contributed by atoms with Crippen LogP contribution in [0, 0.1) is 0 Å². The number of hydrogen-bond donors (Lipinski definition) is 3. The van der Waals surface area contributed by atoms with Gasteiger partial charge in [0.25, 0.3) is 0 Å². The van der Waals surface area contributed by atoms with Gasteiger partial charge in [-0.15, -0.1) is 0 Å². The second-order valence-electron chi connectivity index (χ2n) is 4.09. The number of nitrogens with one attached hydrogen (secondary N) is 1. The average molecular weight is 277 g/mol. The van der Waals surface area contributed by atoms with Crippen LogP contribution in [0.2, 0.25) is 5.02 Å². The highest BCUT2D eigenvalue weighted by molar-refractivity contribution is 6.30. The van der Waals surface area contributed by atoms with E-state index < -0.39 is 5.97 Å². The van der Waals surface area contributed by atoms with E-state index in [4.69, 9.17) is 22.4 Å². The van der Waals surface area contributed by atoms with Crippen molar-refractivity contribution >= 4 is 28.9 Å². The van der Waals surface area contributed by atoms with E-state index in [2.05, 4.69) is 5.32 Å². The molecule has 0 fully saturated rings. The number of benzene rings is 2. The van der Waals surface area contributed by atoms with Crippen molar-refractivity contribution in [2.45, 2.75) is 6.54 Å². The van der Waals surface area contributed by atoms with Crippen LogP contribution in [0.3, 0.4) is 0 Å². The van der Waals surface area contributed by atoms with E-state index in [1.165, 1.54) is 6.07 Å². The highest BCUT2D eigenvalue weighted by atomic mass is 35.5. The summed E-state index contributed by atoms with van der Waals surface area (Å²) >= 11 is 5.80. The van der Waals surface area contributed by atoms with Crippen molar-refractivity contribution in [2.24, 2.45) is 0 Å². The molecule has 0 saturated heterocycles. The molecular formula is C14H13ClN2O2. The number of carboxylic acid groups (broad SMARTS) is 1. The Kier molecular flexibility index (Phi) is 3.92. The fourth-order valence-corrected chi connectivity index (χ4v) is 1.82. The number of nitrogens with two attached hydrogens (primary N) is 1. The zero-order chi connectivity index (χ0) is 13.8. The molecular weight excluding hydrogens is 264 g/mol. The number of anilines is 2. The van der Waals surface area contributed by atoms with Crippen LogP contribution in [0.5, 0.6) is 0 Å². The van der Waals surface area contributed by atoms with E-state index >= 15 is 0 Å². The molecule has 4 N–H and O–H groups in total. The molecule has 0 bridgehead atoms. The fraction of sp³-hybridized carbons (Fsp3) is 0.0714. The van der Waals surface area contributed by atoms with Gasteiger partial charge in [0.2, 0.25) is 0 Å². The van der Waals surface area contributed by atoms with Gasteiger partial charge in [0.1, 0.15) is 0 Å². The van der Waals surface area contributed by atoms with Crippen LogP contribution in [0.4, 0.5) is 11.4 Å². The van der Waals surface area contributed by atoms with Crippen molar-refractivity contribution in [3.63, 3.8) is 0 Å². The summed E-state index contributed by atoms with van der Waals surface area (Å²) in [7, 11) is 0. The lowest BCUT2D eigenvalue weighted by Gasteiger charge is -2.10. The molecule has 2 aromatic rings. The number of halogens is 1. The summed E-state index contributed by atoms with van der Waals surface area (Å²) in [5.41, 5.74) is 7.89. The van der Waals surface area contributed by atoms with Crippen LogP contribution >= 0.6 is 11.6 Å². The Bertz CT molecular complexity index is 597. The van der Waals surface area contributed by atoms with Crippen molar-refractivity contribution in [2.75, 3.05) is 11.1 Å². The number of carbonyl (C=O) groups is 1. The lowest BCUT2D eigenvalue weighted by atomic mass is 10.1. The summed E-state index contributed by atoms with van der Waals surface area (Å²) in [6.45, 7) is 0.501. The van der Waals surface area contributed by atoms with Gasteiger partial charge < -0.3 is 16.2 Å². The van der Waals surface area contributed by atoms with Crippen LogP contribution in [-0.4, -0.2) is 11.1 Å². The van der Waals surface area contributed by atoms with Gasteiger partial charge in [0.15, 0.2) is 0 Å². The van der Waals surface area contributed by atoms with E-state index in [0.29, 0.717) is 22.9 Å². The normalized spacial score (nSPS) is 10.2. The van der Waals surface area contributed by atoms with Crippen molar-refractivity contribution in [1.82, 2.24) is 0 Å². The molecule has 0 aromatic heterocycles. The fourth-order valence-electron chi connectivity index (χ4n) is 1.69. The van der Waals surface area contributed by atoms with E-state index in [1.807, 2.05) is 12.1 Å². The van der Waals surface area contributed by atoms with Gasteiger partial charge >= 0.3 is 5.97 Å². The summed E-state index contributed by atoms with van der Waals surface area (Å²) in [4.78, 5) is 11.1. The van der Waals surface area contributed by atoms with Crippen molar-refractivity contribution < 1.29 is 9.90 Å². The van der Waals surface area contributed by atoms with Crippen molar-refractivity contribution in [3.8, 4) is 0 Å². The predicted octanol–water partition coefficient (Wildman–Crippen LogP) is 3.23. The minimum atomic E-state index is -0.987. The number of carboxylic acids is 1. The first-order chi connectivity index (χ1) is 9.06. The molecule has 0 aliphatic rings. The minimum absolute atomic E-state index is 0.197. The van der Waals surface area contributed by atoms with Gasteiger partial charge in [0, 0.05) is 17.3 Å². The van der Waals surface area contributed by atoms with Crippen LogP contribution in [-0.2, 0) is 6.54 Å². The van der Waals surface area contributed by atoms with Gasteiger partial charge in [-0.3, -0.25) is 0 Å². The maximum atomic E-state index is 11.1. The number of hydrogen-bond acceptors (Lipinski definition) is 3. The Hall–Kier alpha value is -2.20. The van der Waals surface area contributed by atoms with Gasteiger partial charge in [-0.25, -0.2) is 4.79 Å². The van der Waals surface area contributed by atoms with Crippen LogP contribution in [0.15, 0.2) is 42.5 Å². The average Bonchev–Trinajstić information content (AvgIpc) is 2.38. The zero-order valence-electron chi connectivity index (χ0n) is 10.1.